The van der Waals surface area contributed by atoms with E-state index in [-0.39, 0.29) is 11.7 Å². The minimum Gasteiger partial charge on any atom is -0.508 e. The van der Waals surface area contributed by atoms with Crippen molar-refractivity contribution < 1.29 is 9.90 Å². The van der Waals surface area contributed by atoms with Crippen LogP contribution in [0.5, 0.6) is 5.75 Å². The van der Waals surface area contributed by atoms with E-state index >= 15 is 0 Å². The fraction of sp³-hybridized carbons (Fsp3) is 0.192. The summed E-state index contributed by atoms with van der Waals surface area (Å²) < 4.78 is 0. The summed E-state index contributed by atoms with van der Waals surface area (Å²) in [5, 5.41) is 17.3. The second-order valence-electron chi connectivity index (χ2n) is 7.75. The molecule has 6 nitrogen and oxygen atoms in total. The molecule has 0 aliphatic carbocycles. The van der Waals surface area contributed by atoms with Gasteiger partial charge in [0.1, 0.15) is 11.6 Å². The van der Waals surface area contributed by atoms with Crippen molar-refractivity contribution in [3.8, 4) is 28.1 Å². The van der Waals surface area contributed by atoms with Crippen LogP contribution in [-0.4, -0.2) is 46.0 Å². The molecule has 168 valence electrons. The number of rotatable bonds is 9. The normalized spacial score (nSPS) is 10.7. The van der Waals surface area contributed by atoms with Gasteiger partial charge in [0.15, 0.2) is 0 Å². The Kier molecular flexibility index (Phi) is 7.32. The van der Waals surface area contributed by atoms with Gasteiger partial charge in [0.2, 0.25) is 5.91 Å². The third-order valence-electron chi connectivity index (χ3n) is 5.32. The third-order valence-corrected chi connectivity index (χ3v) is 6.01. The van der Waals surface area contributed by atoms with Gasteiger partial charge in [-0.2, -0.15) is 11.3 Å². The maximum atomic E-state index is 12.6. The number of anilines is 1. The number of phenolic OH excluding ortho intramolecular Hbond substituents is 1. The number of amides is 1. The van der Waals surface area contributed by atoms with Crippen molar-refractivity contribution in [1.82, 2.24) is 14.9 Å². The minimum absolute atomic E-state index is 0.0700. The molecule has 0 unspecified atom stereocenters. The number of carbonyl (C=O) groups is 1. The first kappa shape index (κ1) is 22.5. The van der Waals surface area contributed by atoms with Gasteiger partial charge in [-0.15, -0.1) is 0 Å². The number of hydrogen-bond donors (Lipinski definition) is 2. The average molecular weight is 459 g/mol. The molecule has 0 saturated heterocycles. The van der Waals surface area contributed by atoms with Gasteiger partial charge >= 0.3 is 0 Å². The molecule has 0 aliphatic heterocycles. The summed E-state index contributed by atoms with van der Waals surface area (Å²) in [6.45, 7) is 1.11. The van der Waals surface area contributed by atoms with Crippen LogP contribution >= 0.6 is 11.3 Å². The third kappa shape index (κ3) is 6.17. The zero-order valence-electron chi connectivity index (χ0n) is 18.4. The zero-order chi connectivity index (χ0) is 23.0. The van der Waals surface area contributed by atoms with Crippen LogP contribution in [0.4, 0.5) is 5.82 Å². The van der Waals surface area contributed by atoms with E-state index < -0.39 is 0 Å². The molecular weight excluding hydrogens is 432 g/mol. The number of pyridine rings is 2. The number of likely N-dealkylation sites (N-methyl/N-ethyl adjacent to an activating group) is 1. The van der Waals surface area contributed by atoms with Crippen LogP contribution in [0.1, 0.15) is 12.1 Å². The molecule has 0 bridgehead atoms. The SMILES string of the molecule is CN(CCc1ccccn1)C(=O)CCNc1cc(-c2ccsc2)cc(-c2cccc(O)c2)n1. The predicted molar refractivity (Wildman–Crippen MR) is 133 cm³/mol. The van der Waals surface area contributed by atoms with Gasteiger partial charge in [-0.05, 0) is 64.4 Å². The molecule has 3 aromatic heterocycles. The number of hydrogen-bond acceptors (Lipinski definition) is 6. The van der Waals surface area contributed by atoms with E-state index in [4.69, 9.17) is 4.98 Å². The Hall–Kier alpha value is -3.71. The fourth-order valence-electron chi connectivity index (χ4n) is 3.47. The Balaban J connectivity index is 1.41. The van der Waals surface area contributed by atoms with Crippen LogP contribution < -0.4 is 5.32 Å². The largest absolute Gasteiger partial charge is 0.508 e. The molecule has 7 heteroatoms. The average Bonchev–Trinajstić information content (AvgIpc) is 3.38. The van der Waals surface area contributed by atoms with Crippen LogP contribution in [0.3, 0.4) is 0 Å². The second-order valence-corrected chi connectivity index (χ2v) is 8.53. The Bertz CT molecular complexity index is 1200. The van der Waals surface area contributed by atoms with Crippen molar-refractivity contribution in [2.75, 3.05) is 25.5 Å². The highest BCUT2D eigenvalue weighted by Crippen LogP contribution is 2.30. The van der Waals surface area contributed by atoms with Crippen LogP contribution in [0, 0.1) is 0 Å². The van der Waals surface area contributed by atoms with Crippen molar-refractivity contribution >= 4 is 23.1 Å². The van der Waals surface area contributed by atoms with Crippen molar-refractivity contribution in [2.24, 2.45) is 0 Å². The lowest BCUT2D eigenvalue weighted by atomic mass is 10.1. The predicted octanol–water partition coefficient (Wildman–Crippen LogP) is 5.08. The number of aromatic hydroxyl groups is 1. The van der Waals surface area contributed by atoms with E-state index in [9.17, 15) is 9.90 Å². The van der Waals surface area contributed by atoms with E-state index in [1.54, 1.807) is 40.6 Å². The summed E-state index contributed by atoms with van der Waals surface area (Å²) in [6.07, 6.45) is 2.86. The Morgan fingerprint density at radius 2 is 1.97 bits per heavy atom. The maximum Gasteiger partial charge on any atom is 0.224 e. The summed E-state index contributed by atoms with van der Waals surface area (Å²) in [4.78, 5) is 23.3. The molecule has 0 saturated carbocycles. The lowest BCUT2D eigenvalue weighted by molar-refractivity contribution is -0.129. The molecule has 4 aromatic rings. The molecule has 4 rings (SSSR count). The summed E-state index contributed by atoms with van der Waals surface area (Å²) >= 11 is 1.64. The number of phenols is 1. The van der Waals surface area contributed by atoms with Gasteiger partial charge in [-0.3, -0.25) is 9.78 Å². The topological polar surface area (TPSA) is 78.4 Å². The smallest absolute Gasteiger partial charge is 0.224 e. The first-order valence-corrected chi connectivity index (χ1v) is 11.7. The fourth-order valence-corrected chi connectivity index (χ4v) is 4.14. The Morgan fingerprint density at radius 3 is 2.73 bits per heavy atom. The van der Waals surface area contributed by atoms with Gasteiger partial charge in [0, 0.05) is 50.4 Å². The first-order valence-electron chi connectivity index (χ1n) is 10.8. The number of nitrogens with one attached hydrogen (secondary N) is 1. The lowest BCUT2D eigenvalue weighted by Gasteiger charge is -2.17. The van der Waals surface area contributed by atoms with Gasteiger partial charge < -0.3 is 15.3 Å². The van der Waals surface area contributed by atoms with Gasteiger partial charge in [0.05, 0.1) is 5.69 Å². The molecule has 0 spiro atoms. The van der Waals surface area contributed by atoms with Crippen molar-refractivity contribution in [3.05, 3.63) is 83.3 Å². The van der Waals surface area contributed by atoms with Gasteiger partial charge in [0.25, 0.3) is 0 Å². The van der Waals surface area contributed by atoms with Gasteiger partial charge in [-0.25, -0.2) is 4.98 Å². The van der Waals surface area contributed by atoms with Crippen molar-refractivity contribution in [3.63, 3.8) is 0 Å². The highest BCUT2D eigenvalue weighted by atomic mass is 32.1. The molecule has 1 aromatic carbocycles. The molecule has 3 heterocycles. The standard InChI is InChI=1S/C26H26N4O2S/c1-30(13-9-22-6-2-3-11-27-22)26(32)8-12-28-25-17-21(20-10-14-33-18-20)16-24(29-25)19-5-4-7-23(31)15-19/h2-7,10-11,14-18,31H,8-9,12-13H2,1H3,(H,28,29). The van der Waals surface area contributed by atoms with E-state index in [0.717, 1.165) is 34.5 Å². The highest BCUT2D eigenvalue weighted by Gasteiger charge is 2.11. The maximum absolute atomic E-state index is 12.6. The quantitative estimate of drug-likeness (QED) is 0.366. The van der Waals surface area contributed by atoms with Crippen molar-refractivity contribution in [1.29, 1.82) is 0 Å². The van der Waals surface area contributed by atoms with E-state index in [2.05, 4.69) is 21.7 Å². The molecule has 33 heavy (non-hydrogen) atoms. The van der Waals surface area contributed by atoms with Crippen LogP contribution in [0.25, 0.3) is 22.4 Å². The number of carbonyl (C=O) groups excluding carboxylic acids is 1. The van der Waals surface area contributed by atoms with Crippen LogP contribution in [0.2, 0.25) is 0 Å². The number of aromatic nitrogens is 2. The summed E-state index contributed by atoms with van der Waals surface area (Å²) in [5.41, 5.74) is 4.71. The number of thiophene rings is 1. The zero-order valence-corrected chi connectivity index (χ0v) is 19.3. The van der Waals surface area contributed by atoms with E-state index in [1.165, 1.54) is 0 Å². The highest BCUT2D eigenvalue weighted by molar-refractivity contribution is 7.08. The summed E-state index contributed by atoms with van der Waals surface area (Å²) in [6, 6.07) is 18.9. The minimum atomic E-state index is 0.0700. The summed E-state index contributed by atoms with van der Waals surface area (Å²) in [5.74, 6) is 0.964. The number of nitrogens with zero attached hydrogens (tertiary/aromatic N) is 3. The monoisotopic (exact) mass is 458 g/mol. The van der Waals surface area contributed by atoms with E-state index in [1.807, 2.05) is 48.8 Å². The van der Waals surface area contributed by atoms with Crippen LogP contribution in [0.15, 0.2) is 77.6 Å². The molecule has 2 N–H and O–H groups in total. The second kappa shape index (κ2) is 10.7. The van der Waals surface area contributed by atoms with Crippen molar-refractivity contribution in [2.45, 2.75) is 12.8 Å². The van der Waals surface area contributed by atoms with Crippen LogP contribution in [-0.2, 0) is 11.2 Å². The Labute approximate surface area is 197 Å². The lowest BCUT2D eigenvalue weighted by Crippen LogP contribution is -2.30. The molecule has 0 atom stereocenters. The molecule has 0 fully saturated rings. The van der Waals surface area contributed by atoms with E-state index in [0.29, 0.717) is 25.3 Å². The molecule has 0 radical (unpaired) electrons. The Morgan fingerprint density at radius 1 is 1.06 bits per heavy atom. The van der Waals surface area contributed by atoms with Gasteiger partial charge in [-0.1, -0.05) is 18.2 Å². The molecule has 1 amide bonds. The molecular formula is C26H26N4O2S. The molecule has 0 aliphatic rings. The number of benzene rings is 1. The first-order chi connectivity index (χ1) is 16.1. The summed E-state index contributed by atoms with van der Waals surface area (Å²) in [7, 11) is 1.82.